The van der Waals surface area contributed by atoms with Crippen LogP contribution in [0.25, 0.3) is 11.3 Å². The van der Waals surface area contributed by atoms with Crippen LogP contribution >= 0.6 is 11.3 Å². The zero-order valence-electron chi connectivity index (χ0n) is 15.2. The summed E-state index contributed by atoms with van der Waals surface area (Å²) >= 11 is 1.53. The van der Waals surface area contributed by atoms with Crippen molar-refractivity contribution in [1.82, 2.24) is 8.87 Å². The summed E-state index contributed by atoms with van der Waals surface area (Å²) in [7, 11) is 1.54. The predicted octanol–water partition coefficient (Wildman–Crippen LogP) is 3.54. The summed E-state index contributed by atoms with van der Waals surface area (Å²) in [6, 6.07) is 15.3. The molecule has 0 amide bonds. The molecule has 0 spiro atoms. The van der Waals surface area contributed by atoms with Crippen LogP contribution in [-0.4, -0.2) is 31.4 Å². The van der Waals surface area contributed by atoms with E-state index in [2.05, 4.69) is 4.99 Å². The topological polar surface area (TPSA) is 54.7 Å². The van der Waals surface area contributed by atoms with Gasteiger partial charge >= 0.3 is 0 Å². The molecule has 0 saturated carbocycles. The van der Waals surface area contributed by atoms with Gasteiger partial charge in [-0.25, -0.2) is 17.7 Å². The third-order valence-electron chi connectivity index (χ3n) is 4.15. The number of nitrogens with zero attached hydrogens (tertiary/aromatic N) is 3. The number of para-hydroxylation sites is 1. The lowest BCUT2D eigenvalue weighted by Crippen LogP contribution is -2.23. The summed E-state index contributed by atoms with van der Waals surface area (Å²) < 4.78 is 28.4. The second kappa shape index (κ2) is 7.19. The molecule has 7 heteroatoms. The lowest BCUT2D eigenvalue weighted by molar-refractivity contribution is 0.520. The molecule has 5 nitrogen and oxygen atoms in total. The Bertz CT molecular complexity index is 1100. The molecule has 26 heavy (non-hydrogen) atoms. The largest absolute Gasteiger partial charge is 0.320 e. The Kier molecular flexibility index (Phi) is 5.13. The number of sulfonamides is 1. The number of aryl methyl sites for hydroxylation is 1. The third kappa shape index (κ3) is 3.51. The fraction of sp³-hybridized carbons (Fsp3) is 0.211. The van der Waals surface area contributed by atoms with Gasteiger partial charge in [-0.2, -0.15) is 0 Å². The Hall–Kier alpha value is -2.22. The molecule has 3 aromatic rings. The molecule has 0 radical (unpaired) electrons. The van der Waals surface area contributed by atoms with Crippen molar-refractivity contribution < 1.29 is 8.42 Å². The minimum atomic E-state index is -3.49. The van der Waals surface area contributed by atoms with Crippen LogP contribution in [-0.2, 0) is 17.1 Å². The van der Waals surface area contributed by atoms with E-state index in [9.17, 15) is 8.42 Å². The monoisotopic (exact) mass is 387 g/mol. The van der Waals surface area contributed by atoms with Crippen LogP contribution in [0.15, 0.2) is 63.8 Å². The van der Waals surface area contributed by atoms with Crippen LogP contribution in [0.4, 0.5) is 5.69 Å². The molecule has 0 fully saturated rings. The molecule has 2 aromatic carbocycles. The van der Waals surface area contributed by atoms with Crippen molar-refractivity contribution >= 4 is 27.0 Å². The predicted molar refractivity (Wildman–Crippen MR) is 106 cm³/mol. The molecule has 3 rings (SSSR count). The normalized spacial score (nSPS) is 12.7. The average molecular weight is 388 g/mol. The number of hydrogen-bond donors (Lipinski definition) is 0. The van der Waals surface area contributed by atoms with Crippen molar-refractivity contribution in [3.63, 3.8) is 0 Å². The number of thiazole rings is 1. The van der Waals surface area contributed by atoms with Crippen LogP contribution in [0, 0.1) is 6.92 Å². The summed E-state index contributed by atoms with van der Waals surface area (Å²) in [4.78, 5) is 5.84. The van der Waals surface area contributed by atoms with Crippen molar-refractivity contribution in [2.45, 2.75) is 11.8 Å². The smallest absolute Gasteiger partial charge is 0.242 e. The fourth-order valence-electron chi connectivity index (χ4n) is 2.58. The Morgan fingerprint density at radius 1 is 1.08 bits per heavy atom. The quantitative estimate of drug-likeness (QED) is 0.687. The number of aromatic nitrogens is 1. The van der Waals surface area contributed by atoms with E-state index >= 15 is 0 Å². The first-order chi connectivity index (χ1) is 12.3. The van der Waals surface area contributed by atoms with Crippen LogP contribution in [0.5, 0.6) is 0 Å². The molecule has 0 bridgehead atoms. The number of rotatable bonds is 4. The molecule has 0 aliphatic carbocycles. The van der Waals surface area contributed by atoms with Crippen molar-refractivity contribution in [3.05, 3.63) is 64.3 Å². The zero-order valence-corrected chi connectivity index (χ0v) is 16.8. The summed E-state index contributed by atoms with van der Waals surface area (Å²) in [6.45, 7) is 1.81. The van der Waals surface area contributed by atoms with Gasteiger partial charge in [0.2, 0.25) is 10.0 Å². The summed E-state index contributed by atoms with van der Waals surface area (Å²) in [5, 5.41) is 2.00. The van der Waals surface area contributed by atoms with Crippen molar-refractivity contribution in [2.75, 3.05) is 14.1 Å². The maximum absolute atomic E-state index is 12.6. The molecule has 0 aliphatic heterocycles. The Morgan fingerprint density at radius 3 is 2.42 bits per heavy atom. The maximum atomic E-state index is 12.6. The van der Waals surface area contributed by atoms with Gasteiger partial charge in [0.05, 0.1) is 16.3 Å². The Balaban J connectivity index is 2.11. The molecule has 1 heterocycles. The molecule has 0 saturated heterocycles. The fourth-order valence-corrected chi connectivity index (χ4v) is 4.65. The molecule has 0 N–H and O–H groups in total. The van der Waals surface area contributed by atoms with E-state index in [1.807, 2.05) is 66.4 Å². The van der Waals surface area contributed by atoms with Gasteiger partial charge in [-0.3, -0.25) is 0 Å². The average Bonchev–Trinajstić information content (AvgIpc) is 2.97. The maximum Gasteiger partial charge on any atom is 0.242 e. The molecule has 0 atom stereocenters. The van der Waals surface area contributed by atoms with Gasteiger partial charge in [0.1, 0.15) is 0 Å². The van der Waals surface area contributed by atoms with Gasteiger partial charge in [0, 0.05) is 32.1 Å². The molecule has 0 unspecified atom stereocenters. The van der Waals surface area contributed by atoms with Gasteiger partial charge in [-0.1, -0.05) is 30.3 Å². The Morgan fingerprint density at radius 2 is 1.77 bits per heavy atom. The minimum Gasteiger partial charge on any atom is -0.320 e. The molecule has 1 aromatic heterocycles. The van der Waals surface area contributed by atoms with Crippen LogP contribution < -0.4 is 4.80 Å². The minimum absolute atomic E-state index is 0.327. The highest BCUT2D eigenvalue weighted by atomic mass is 32.2. The van der Waals surface area contributed by atoms with Gasteiger partial charge in [0.25, 0.3) is 0 Å². The summed E-state index contributed by atoms with van der Waals surface area (Å²) in [6.07, 6.45) is 0. The summed E-state index contributed by atoms with van der Waals surface area (Å²) in [5.41, 5.74) is 3.40. The van der Waals surface area contributed by atoms with E-state index in [4.69, 9.17) is 0 Å². The molecule has 0 aliphatic rings. The van der Waals surface area contributed by atoms with E-state index in [1.165, 1.54) is 15.6 Å². The lowest BCUT2D eigenvalue weighted by Gasteiger charge is -2.15. The summed E-state index contributed by atoms with van der Waals surface area (Å²) in [5.74, 6) is 0. The Labute approximate surface area is 157 Å². The second-order valence-corrected chi connectivity index (χ2v) is 9.13. The van der Waals surface area contributed by atoms with Crippen LogP contribution in [0.2, 0.25) is 0 Å². The van der Waals surface area contributed by atoms with E-state index in [-0.39, 0.29) is 0 Å². The van der Waals surface area contributed by atoms with Crippen LogP contribution in [0.3, 0.4) is 0 Å². The first kappa shape index (κ1) is 18.6. The lowest BCUT2D eigenvalue weighted by atomic mass is 10.1. The standard InChI is InChI=1S/C19H21N3O2S2/c1-14-10-11-15(12-18(14)26(23,24)21(2)3)17-13-25-19(22(17)4)20-16-8-6-5-7-9-16/h5-13H,1-4H3/b20-19+. The third-order valence-corrected chi connectivity index (χ3v) is 7.02. The number of benzene rings is 2. The SMILES string of the molecule is Cc1ccc(-c2cs/c(=N/c3ccccc3)n2C)cc1S(=O)(=O)N(C)C. The highest BCUT2D eigenvalue weighted by molar-refractivity contribution is 7.89. The molecular weight excluding hydrogens is 366 g/mol. The highest BCUT2D eigenvalue weighted by Crippen LogP contribution is 2.26. The van der Waals surface area contributed by atoms with E-state index in [0.29, 0.717) is 4.90 Å². The van der Waals surface area contributed by atoms with E-state index in [0.717, 1.165) is 27.3 Å². The number of hydrogen-bond acceptors (Lipinski definition) is 4. The first-order valence-corrected chi connectivity index (χ1v) is 10.4. The van der Waals surface area contributed by atoms with Gasteiger partial charge < -0.3 is 4.57 Å². The van der Waals surface area contributed by atoms with Crippen molar-refractivity contribution in [1.29, 1.82) is 0 Å². The van der Waals surface area contributed by atoms with Gasteiger partial charge in [-0.15, -0.1) is 11.3 Å². The van der Waals surface area contributed by atoms with Crippen molar-refractivity contribution in [2.24, 2.45) is 12.0 Å². The second-order valence-electron chi connectivity index (χ2n) is 6.18. The molecule has 136 valence electrons. The zero-order chi connectivity index (χ0) is 18.9. The van der Waals surface area contributed by atoms with Crippen molar-refractivity contribution in [3.8, 4) is 11.3 Å². The van der Waals surface area contributed by atoms with Crippen LogP contribution in [0.1, 0.15) is 5.56 Å². The molecular formula is C19H21N3O2S2. The first-order valence-electron chi connectivity index (χ1n) is 8.08. The highest BCUT2D eigenvalue weighted by Gasteiger charge is 2.20. The van der Waals surface area contributed by atoms with E-state index < -0.39 is 10.0 Å². The van der Waals surface area contributed by atoms with Gasteiger partial charge in [0.15, 0.2) is 4.80 Å². The van der Waals surface area contributed by atoms with E-state index in [1.54, 1.807) is 20.2 Å². The van der Waals surface area contributed by atoms with Gasteiger partial charge in [-0.05, 0) is 30.7 Å².